The summed E-state index contributed by atoms with van der Waals surface area (Å²) in [5, 5.41) is 0. The largest absolute Gasteiger partial charge is 0.256 e. The Morgan fingerprint density at radius 3 is 1.04 bits per heavy atom. The van der Waals surface area contributed by atoms with Crippen molar-refractivity contribution in [2.45, 2.75) is 20.8 Å². The molecule has 132 valence electrons. The first kappa shape index (κ1) is 17.1. The number of hydrogen-bond donors (Lipinski definition) is 0. The van der Waals surface area contributed by atoms with Gasteiger partial charge in [0.2, 0.25) is 0 Å². The van der Waals surface area contributed by atoms with Crippen LogP contribution in [-0.2, 0) is 0 Å². The second kappa shape index (κ2) is 7.12. The average Bonchev–Trinajstić information content (AvgIpc) is 2.69. The molecule has 1 aromatic carbocycles. The molecule has 0 aliphatic rings. The SMILES string of the molecule is Cc1cccnc1-c1cc(-c2ncccc2C)cc(-c2ncccc2C)c1. The highest BCUT2D eigenvalue weighted by Crippen LogP contribution is 2.33. The van der Waals surface area contributed by atoms with Gasteiger partial charge in [0.1, 0.15) is 0 Å². The van der Waals surface area contributed by atoms with Gasteiger partial charge in [-0.2, -0.15) is 0 Å². The summed E-state index contributed by atoms with van der Waals surface area (Å²) in [7, 11) is 0. The third-order valence-corrected chi connectivity index (χ3v) is 4.78. The molecule has 27 heavy (non-hydrogen) atoms. The lowest BCUT2D eigenvalue weighted by atomic mass is 9.95. The van der Waals surface area contributed by atoms with Crippen LogP contribution < -0.4 is 0 Å². The minimum absolute atomic E-state index is 0.989. The Balaban J connectivity index is 1.99. The Hall–Kier alpha value is -3.33. The fourth-order valence-corrected chi connectivity index (χ4v) is 3.40. The lowest BCUT2D eigenvalue weighted by Gasteiger charge is -2.13. The van der Waals surface area contributed by atoms with Crippen molar-refractivity contribution >= 4 is 0 Å². The Labute approximate surface area is 159 Å². The van der Waals surface area contributed by atoms with Crippen LogP contribution in [0.1, 0.15) is 16.7 Å². The predicted octanol–water partition coefficient (Wildman–Crippen LogP) is 5.80. The van der Waals surface area contributed by atoms with Gasteiger partial charge in [0.15, 0.2) is 0 Å². The minimum Gasteiger partial charge on any atom is -0.256 e. The van der Waals surface area contributed by atoms with Crippen LogP contribution in [0.2, 0.25) is 0 Å². The predicted molar refractivity (Wildman–Crippen MR) is 110 cm³/mol. The molecule has 0 saturated carbocycles. The highest BCUT2D eigenvalue weighted by atomic mass is 14.7. The Morgan fingerprint density at radius 1 is 0.481 bits per heavy atom. The molecule has 0 unspecified atom stereocenters. The van der Waals surface area contributed by atoms with Crippen molar-refractivity contribution in [2.75, 3.05) is 0 Å². The summed E-state index contributed by atoms with van der Waals surface area (Å²) >= 11 is 0. The number of pyridine rings is 3. The standard InChI is InChI=1S/C24H21N3/c1-16-7-4-10-25-22(16)19-13-20(23-17(2)8-5-11-26-23)15-21(14-19)24-18(3)9-6-12-27-24/h4-15H,1-3H3. The molecular weight excluding hydrogens is 330 g/mol. The molecule has 0 aliphatic heterocycles. The number of hydrogen-bond acceptors (Lipinski definition) is 3. The molecule has 3 heterocycles. The molecule has 3 aromatic heterocycles. The average molecular weight is 351 g/mol. The molecule has 0 N–H and O–H groups in total. The number of aromatic nitrogens is 3. The zero-order chi connectivity index (χ0) is 18.8. The van der Waals surface area contributed by atoms with Gasteiger partial charge in [-0.15, -0.1) is 0 Å². The van der Waals surface area contributed by atoms with Gasteiger partial charge in [0.25, 0.3) is 0 Å². The minimum atomic E-state index is 0.989. The molecular formula is C24H21N3. The third kappa shape index (κ3) is 3.36. The number of nitrogens with zero attached hydrogens (tertiary/aromatic N) is 3. The van der Waals surface area contributed by atoms with Gasteiger partial charge in [0, 0.05) is 35.3 Å². The van der Waals surface area contributed by atoms with Gasteiger partial charge in [0.05, 0.1) is 17.1 Å². The van der Waals surface area contributed by atoms with Gasteiger partial charge < -0.3 is 0 Å². The first-order valence-corrected chi connectivity index (χ1v) is 9.04. The quantitative estimate of drug-likeness (QED) is 0.468. The molecule has 4 rings (SSSR count). The molecule has 0 amide bonds. The van der Waals surface area contributed by atoms with E-state index in [0.717, 1.165) is 50.5 Å². The van der Waals surface area contributed by atoms with Crippen molar-refractivity contribution in [1.82, 2.24) is 15.0 Å². The maximum absolute atomic E-state index is 4.62. The molecule has 0 atom stereocenters. The van der Waals surface area contributed by atoms with Crippen LogP contribution in [0, 0.1) is 20.8 Å². The zero-order valence-corrected chi connectivity index (χ0v) is 15.8. The topological polar surface area (TPSA) is 38.7 Å². The molecule has 3 nitrogen and oxygen atoms in total. The molecule has 0 radical (unpaired) electrons. The van der Waals surface area contributed by atoms with E-state index in [1.165, 1.54) is 0 Å². The fourth-order valence-electron chi connectivity index (χ4n) is 3.40. The van der Waals surface area contributed by atoms with Crippen LogP contribution in [0.15, 0.2) is 73.2 Å². The summed E-state index contributed by atoms with van der Waals surface area (Å²) in [6, 6.07) is 18.7. The number of benzene rings is 1. The van der Waals surface area contributed by atoms with E-state index in [1.54, 1.807) is 0 Å². The zero-order valence-electron chi connectivity index (χ0n) is 15.8. The van der Waals surface area contributed by atoms with Crippen LogP contribution in [0.25, 0.3) is 33.8 Å². The van der Waals surface area contributed by atoms with E-state index in [1.807, 2.05) is 36.8 Å². The van der Waals surface area contributed by atoms with Crippen molar-refractivity contribution in [2.24, 2.45) is 0 Å². The third-order valence-electron chi connectivity index (χ3n) is 4.78. The van der Waals surface area contributed by atoms with Gasteiger partial charge >= 0.3 is 0 Å². The van der Waals surface area contributed by atoms with Crippen molar-refractivity contribution in [3.8, 4) is 33.8 Å². The Bertz CT molecular complexity index is 962. The van der Waals surface area contributed by atoms with Crippen LogP contribution in [-0.4, -0.2) is 15.0 Å². The van der Waals surface area contributed by atoms with Gasteiger partial charge in [-0.1, -0.05) is 18.2 Å². The number of aryl methyl sites for hydroxylation is 3. The first-order chi connectivity index (χ1) is 13.1. The summed E-state index contributed by atoms with van der Waals surface area (Å²) in [5.74, 6) is 0. The van der Waals surface area contributed by atoms with Gasteiger partial charge in [-0.3, -0.25) is 15.0 Å². The smallest absolute Gasteiger partial charge is 0.0731 e. The molecule has 3 heteroatoms. The lowest BCUT2D eigenvalue weighted by molar-refractivity contribution is 1.24. The fraction of sp³-hybridized carbons (Fsp3) is 0.125. The molecule has 4 aromatic rings. The Morgan fingerprint density at radius 2 is 0.778 bits per heavy atom. The van der Waals surface area contributed by atoms with E-state index >= 15 is 0 Å². The van der Waals surface area contributed by atoms with Crippen LogP contribution in [0.4, 0.5) is 0 Å². The maximum atomic E-state index is 4.62. The highest BCUT2D eigenvalue weighted by molar-refractivity contribution is 5.80. The Kier molecular flexibility index (Phi) is 4.51. The summed E-state index contributed by atoms with van der Waals surface area (Å²) in [5.41, 5.74) is 9.65. The first-order valence-electron chi connectivity index (χ1n) is 9.04. The maximum Gasteiger partial charge on any atom is 0.0731 e. The van der Waals surface area contributed by atoms with Crippen molar-refractivity contribution in [3.05, 3.63) is 89.9 Å². The molecule has 0 spiro atoms. The highest BCUT2D eigenvalue weighted by Gasteiger charge is 2.13. The van der Waals surface area contributed by atoms with Gasteiger partial charge in [-0.25, -0.2) is 0 Å². The van der Waals surface area contributed by atoms with E-state index in [4.69, 9.17) is 0 Å². The van der Waals surface area contributed by atoms with E-state index in [2.05, 4.69) is 72.1 Å². The monoisotopic (exact) mass is 351 g/mol. The molecule has 0 aliphatic carbocycles. The second-order valence-electron chi connectivity index (χ2n) is 6.81. The van der Waals surface area contributed by atoms with Gasteiger partial charge in [-0.05, 0) is 73.9 Å². The van der Waals surface area contributed by atoms with E-state index in [9.17, 15) is 0 Å². The van der Waals surface area contributed by atoms with E-state index < -0.39 is 0 Å². The molecule has 0 saturated heterocycles. The summed E-state index contributed by atoms with van der Waals surface area (Å²) in [4.78, 5) is 13.9. The van der Waals surface area contributed by atoms with Crippen LogP contribution in [0.3, 0.4) is 0 Å². The van der Waals surface area contributed by atoms with E-state index in [0.29, 0.717) is 0 Å². The summed E-state index contributed by atoms with van der Waals surface area (Å²) < 4.78 is 0. The number of rotatable bonds is 3. The van der Waals surface area contributed by atoms with Crippen LogP contribution >= 0.6 is 0 Å². The molecule has 0 fully saturated rings. The van der Waals surface area contributed by atoms with Crippen LogP contribution in [0.5, 0.6) is 0 Å². The van der Waals surface area contributed by atoms with Crippen molar-refractivity contribution < 1.29 is 0 Å². The lowest BCUT2D eigenvalue weighted by Crippen LogP contribution is -1.94. The summed E-state index contributed by atoms with van der Waals surface area (Å²) in [6.45, 7) is 6.27. The normalized spacial score (nSPS) is 10.8. The summed E-state index contributed by atoms with van der Waals surface area (Å²) in [6.07, 6.45) is 5.52. The van der Waals surface area contributed by atoms with Crippen molar-refractivity contribution in [3.63, 3.8) is 0 Å². The molecule has 0 bridgehead atoms. The van der Waals surface area contributed by atoms with E-state index in [-0.39, 0.29) is 0 Å². The van der Waals surface area contributed by atoms with Crippen molar-refractivity contribution in [1.29, 1.82) is 0 Å². The second-order valence-corrected chi connectivity index (χ2v) is 6.81.